The fourth-order valence-electron chi connectivity index (χ4n) is 2.20. The van der Waals surface area contributed by atoms with E-state index < -0.39 is 0 Å². The zero-order chi connectivity index (χ0) is 13.5. The number of aliphatic hydroxyl groups is 1. The van der Waals surface area contributed by atoms with Crippen LogP contribution in [0.5, 0.6) is 0 Å². The Balaban J connectivity index is 2.29. The number of carbonyl (C=O) groups is 1. The summed E-state index contributed by atoms with van der Waals surface area (Å²) in [5, 5.41) is 13.6. The van der Waals surface area contributed by atoms with Crippen LogP contribution in [0.2, 0.25) is 0 Å². The third-order valence-corrected chi connectivity index (χ3v) is 3.36. The van der Waals surface area contributed by atoms with Crippen molar-refractivity contribution >= 4 is 11.7 Å². The summed E-state index contributed by atoms with van der Waals surface area (Å²) < 4.78 is 1.75. The fraction of sp³-hybridized carbons (Fsp3) is 0.692. The fourth-order valence-corrected chi connectivity index (χ4v) is 2.20. The average Bonchev–Trinajstić information content (AvgIpc) is 2.81. The van der Waals surface area contributed by atoms with E-state index in [9.17, 15) is 4.79 Å². The molecule has 0 bridgehead atoms. The summed E-state index contributed by atoms with van der Waals surface area (Å²) in [5.74, 6) is 0.934. The maximum atomic E-state index is 11.9. The Morgan fingerprint density at radius 3 is 2.61 bits per heavy atom. The third kappa shape index (κ3) is 2.27. The van der Waals surface area contributed by atoms with Gasteiger partial charge in [0, 0.05) is 44.0 Å². The van der Waals surface area contributed by atoms with Crippen LogP contribution in [0.4, 0.5) is 5.82 Å². The van der Waals surface area contributed by atoms with E-state index in [2.05, 4.69) is 25.9 Å². The second kappa shape index (κ2) is 4.39. The van der Waals surface area contributed by atoms with Gasteiger partial charge in [-0.1, -0.05) is 20.8 Å². The van der Waals surface area contributed by atoms with Crippen molar-refractivity contribution in [3.05, 3.63) is 11.8 Å². The Morgan fingerprint density at radius 1 is 1.50 bits per heavy atom. The number of rotatable bonds is 2. The van der Waals surface area contributed by atoms with Crippen LogP contribution in [0.3, 0.4) is 0 Å². The lowest BCUT2D eigenvalue weighted by Crippen LogP contribution is -2.27. The van der Waals surface area contributed by atoms with E-state index in [1.54, 1.807) is 9.58 Å². The highest BCUT2D eigenvalue weighted by Crippen LogP contribution is 2.29. The molecule has 5 nitrogen and oxygen atoms in total. The molecule has 1 aromatic heterocycles. The van der Waals surface area contributed by atoms with Gasteiger partial charge >= 0.3 is 0 Å². The SMILES string of the molecule is Cn1nc(C(C)(C)C)cc1N1CC(CO)CC1=O. The van der Waals surface area contributed by atoms with Crippen molar-refractivity contribution in [1.82, 2.24) is 9.78 Å². The van der Waals surface area contributed by atoms with Gasteiger partial charge < -0.3 is 5.11 Å². The molecule has 18 heavy (non-hydrogen) atoms. The number of aliphatic hydroxyl groups excluding tert-OH is 1. The third-order valence-electron chi connectivity index (χ3n) is 3.36. The summed E-state index contributed by atoms with van der Waals surface area (Å²) in [6.45, 7) is 6.94. The Bertz CT molecular complexity index is 459. The van der Waals surface area contributed by atoms with Crippen molar-refractivity contribution in [2.45, 2.75) is 32.6 Å². The predicted molar refractivity (Wildman–Crippen MR) is 69.5 cm³/mol. The molecule has 0 saturated carbocycles. The zero-order valence-electron chi connectivity index (χ0n) is 11.5. The molecule has 2 heterocycles. The van der Waals surface area contributed by atoms with E-state index in [1.165, 1.54) is 0 Å². The minimum absolute atomic E-state index is 0.0326. The van der Waals surface area contributed by atoms with Gasteiger partial charge in [0.05, 0.1) is 5.69 Å². The lowest BCUT2D eigenvalue weighted by molar-refractivity contribution is -0.117. The minimum Gasteiger partial charge on any atom is -0.396 e. The van der Waals surface area contributed by atoms with E-state index >= 15 is 0 Å². The second-order valence-corrected chi connectivity index (χ2v) is 6.02. The lowest BCUT2D eigenvalue weighted by Gasteiger charge is -2.16. The highest BCUT2D eigenvalue weighted by molar-refractivity contribution is 5.95. The number of carbonyl (C=O) groups excluding carboxylic acids is 1. The van der Waals surface area contributed by atoms with Crippen LogP contribution in [0.15, 0.2) is 6.07 Å². The molecule has 1 aromatic rings. The van der Waals surface area contributed by atoms with Gasteiger partial charge in [0.1, 0.15) is 5.82 Å². The minimum atomic E-state index is -0.0326. The van der Waals surface area contributed by atoms with Crippen molar-refractivity contribution in [2.24, 2.45) is 13.0 Å². The van der Waals surface area contributed by atoms with Crippen LogP contribution in [0.25, 0.3) is 0 Å². The summed E-state index contributed by atoms with van der Waals surface area (Å²) in [4.78, 5) is 13.7. The Hall–Kier alpha value is -1.36. The molecule has 1 N–H and O–H groups in total. The first-order valence-corrected chi connectivity index (χ1v) is 6.28. The van der Waals surface area contributed by atoms with E-state index in [0.717, 1.165) is 11.5 Å². The molecule has 1 fully saturated rings. The van der Waals surface area contributed by atoms with Crippen molar-refractivity contribution in [2.75, 3.05) is 18.1 Å². The first kappa shape index (κ1) is 13.1. The van der Waals surface area contributed by atoms with Crippen molar-refractivity contribution in [1.29, 1.82) is 0 Å². The lowest BCUT2D eigenvalue weighted by atomic mass is 9.92. The van der Waals surface area contributed by atoms with Gasteiger partial charge in [-0.2, -0.15) is 5.10 Å². The van der Waals surface area contributed by atoms with E-state index in [0.29, 0.717) is 13.0 Å². The Morgan fingerprint density at radius 2 is 2.17 bits per heavy atom. The highest BCUT2D eigenvalue weighted by atomic mass is 16.3. The average molecular weight is 251 g/mol. The first-order valence-electron chi connectivity index (χ1n) is 6.28. The molecular formula is C13H21N3O2. The molecule has 1 atom stereocenters. The van der Waals surface area contributed by atoms with Gasteiger partial charge in [0.25, 0.3) is 0 Å². The van der Waals surface area contributed by atoms with Gasteiger partial charge in [0.2, 0.25) is 5.91 Å². The van der Waals surface area contributed by atoms with Crippen molar-refractivity contribution < 1.29 is 9.90 Å². The molecule has 1 aliphatic rings. The predicted octanol–water partition coefficient (Wildman–Crippen LogP) is 1.06. The monoisotopic (exact) mass is 251 g/mol. The van der Waals surface area contributed by atoms with Gasteiger partial charge in [-0.15, -0.1) is 0 Å². The van der Waals surface area contributed by atoms with Gasteiger partial charge in [-0.25, -0.2) is 0 Å². The summed E-state index contributed by atoms with van der Waals surface area (Å²) in [7, 11) is 1.85. The topological polar surface area (TPSA) is 58.4 Å². The summed E-state index contributed by atoms with van der Waals surface area (Å²) in [5.41, 5.74) is 0.940. The van der Waals surface area contributed by atoms with Crippen LogP contribution < -0.4 is 4.90 Å². The number of hydrogen-bond donors (Lipinski definition) is 1. The summed E-state index contributed by atoms with van der Waals surface area (Å²) >= 11 is 0. The summed E-state index contributed by atoms with van der Waals surface area (Å²) in [6.07, 6.45) is 0.423. The van der Waals surface area contributed by atoms with E-state index in [-0.39, 0.29) is 23.8 Å². The molecular weight excluding hydrogens is 230 g/mol. The van der Waals surface area contributed by atoms with Crippen molar-refractivity contribution in [3.8, 4) is 0 Å². The summed E-state index contributed by atoms with van der Waals surface area (Å²) in [6, 6.07) is 1.97. The molecule has 2 rings (SSSR count). The molecule has 1 aliphatic heterocycles. The number of nitrogens with zero attached hydrogens (tertiary/aromatic N) is 3. The normalized spacial score (nSPS) is 20.8. The molecule has 100 valence electrons. The van der Waals surface area contributed by atoms with Gasteiger partial charge in [-0.3, -0.25) is 14.4 Å². The standard InChI is InChI=1S/C13H21N3O2/c1-13(2,3)10-6-11(15(4)14-10)16-7-9(8-17)5-12(16)18/h6,9,17H,5,7-8H2,1-4H3. The Labute approximate surface area is 107 Å². The zero-order valence-corrected chi connectivity index (χ0v) is 11.5. The van der Waals surface area contributed by atoms with Gasteiger partial charge in [0.15, 0.2) is 0 Å². The highest BCUT2D eigenvalue weighted by Gasteiger charge is 2.32. The van der Waals surface area contributed by atoms with Crippen LogP contribution in [0.1, 0.15) is 32.9 Å². The quantitative estimate of drug-likeness (QED) is 0.855. The second-order valence-electron chi connectivity index (χ2n) is 6.02. The molecule has 1 saturated heterocycles. The molecule has 5 heteroatoms. The smallest absolute Gasteiger partial charge is 0.228 e. The molecule has 0 aromatic carbocycles. The number of aromatic nitrogens is 2. The van der Waals surface area contributed by atoms with Crippen molar-refractivity contribution in [3.63, 3.8) is 0 Å². The first-order chi connectivity index (χ1) is 8.32. The maximum Gasteiger partial charge on any atom is 0.228 e. The molecule has 1 amide bonds. The Kier molecular flexibility index (Phi) is 3.19. The number of aryl methyl sites for hydroxylation is 1. The number of amides is 1. The largest absolute Gasteiger partial charge is 0.396 e. The molecule has 0 aliphatic carbocycles. The van der Waals surface area contributed by atoms with Crippen LogP contribution in [0, 0.1) is 5.92 Å². The molecule has 0 spiro atoms. The van der Waals surface area contributed by atoms with Crippen LogP contribution in [-0.4, -0.2) is 33.9 Å². The van der Waals surface area contributed by atoms with Crippen LogP contribution >= 0.6 is 0 Å². The number of anilines is 1. The van der Waals surface area contributed by atoms with Gasteiger partial charge in [-0.05, 0) is 0 Å². The number of hydrogen-bond acceptors (Lipinski definition) is 3. The van der Waals surface area contributed by atoms with Crippen LogP contribution in [-0.2, 0) is 17.3 Å². The maximum absolute atomic E-state index is 11.9. The van der Waals surface area contributed by atoms with E-state index in [1.807, 2.05) is 13.1 Å². The van der Waals surface area contributed by atoms with E-state index in [4.69, 9.17) is 5.11 Å². The molecule has 1 unspecified atom stereocenters. The molecule has 0 radical (unpaired) electrons.